The smallest absolute Gasteiger partial charge is 0.325 e. The average molecular weight is 352 g/mol. The lowest BCUT2D eigenvalue weighted by atomic mass is 10.0. The van der Waals surface area contributed by atoms with Crippen LogP contribution in [0.1, 0.15) is 31.1 Å². The molecule has 8 nitrogen and oxygen atoms in total. The fraction of sp³-hybridized carbons (Fsp3) is 0.471. The number of aliphatic carboxylic acids is 1. The Morgan fingerprint density at radius 1 is 0.960 bits per heavy atom. The molecule has 3 N–H and O–H groups in total. The van der Waals surface area contributed by atoms with Crippen LogP contribution in [-0.4, -0.2) is 49.2 Å². The number of rotatable bonds is 8. The van der Waals surface area contributed by atoms with E-state index in [1.54, 1.807) is 19.9 Å². The highest BCUT2D eigenvalue weighted by Crippen LogP contribution is 2.22. The molecule has 0 radical (unpaired) electrons. The first-order valence-electron chi connectivity index (χ1n) is 7.76. The zero-order chi connectivity index (χ0) is 19.1. The molecular weight excluding hydrogens is 328 g/mol. The first-order chi connectivity index (χ1) is 11.7. The molecular formula is C17H24N2O6. The molecule has 1 unspecified atom stereocenters. The molecule has 1 aromatic rings. The summed E-state index contributed by atoms with van der Waals surface area (Å²) < 4.78 is 10.2. The van der Waals surface area contributed by atoms with E-state index in [4.69, 9.17) is 14.6 Å². The van der Waals surface area contributed by atoms with Crippen LogP contribution in [0, 0.1) is 5.92 Å². The van der Waals surface area contributed by atoms with E-state index in [-0.39, 0.29) is 11.5 Å². The molecule has 0 aliphatic carbocycles. The SMILES string of the molecule is COc1cc(OC)cc(C(=O)NC(C(=O)N[C@@H](C)C(=O)O)C(C)C)c1. The van der Waals surface area contributed by atoms with Gasteiger partial charge < -0.3 is 25.2 Å². The van der Waals surface area contributed by atoms with E-state index < -0.39 is 29.9 Å². The number of ether oxygens (including phenoxy) is 2. The molecule has 2 atom stereocenters. The van der Waals surface area contributed by atoms with Crippen molar-refractivity contribution in [3.63, 3.8) is 0 Å². The summed E-state index contributed by atoms with van der Waals surface area (Å²) >= 11 is 0. The van der Waals surface area contributed by atoms with Gasteiger partial charge >= 0.3 is 5.97 Å². The van der Waals surface area contributed by atoms with Gasteiger partial charge in [0, 0.05) is 11.6 Å². The Bertz CT molecular complexity index is 622. The standard InChI is InChI=1S/C17H24N2O6/c1-9(2)14(16(21)18-10(3)17(22)23)19-15(20)11-6-12(24-4)8-13(7-11)25-5/h6-10,14H,1-5H3,(H,18,21)(H,19,20)(H,22,23)/t10-,14?/m0/s1. The number of methoxy groups -OCH3 is 2. The van der Waals surface area contributed by atoms with Gasteiger partial charge in [-0.1, -0.05) is 13.8 Å². The van der Waals surface area contributed by atoms with Crippen LogP contribution in [0.3, 0.4) is 0 Å². The lowest BCUT2D eigenvalue weighted by molar-refractivity contribution is -0.141. The Morgan fingerprint density at radius 3 is 1.88 bits per heavy atom. The molecule has 0 fully saturated rings. The zero-order valence-corrected chi connectivity index (χ0v) is 15.0. The van der Waals surface area contributed by atoms with E-state index in [1.807, 2.05) is 0 Å². The summed E-state index contributed by atoms with van der Waals surface area (Å²) in [5, 5.41) is 13.9. The third-order valence-electron chi connectivity index (χ3n) is 3.58. The van der Waals surface area contributed by atoms with E-state index in [0.717, 1.165) is 0 Å². The molecule has 8 heteroatoms. The van der Waals surface area contributed by atoms with Crippen LogP contribution < -0.4 is 20.1 Å². The topological polar surface area (TPSA) is 114 Å². The fourth-order valence-corrected chi connectivity index (χ4v) is 2.06. The molecule has 1 aromatic carbocycles. The van der Waals surface area contributed by atoms with E-state index in [2.05, 4.69) is 10.6 Å². The highest BCUT2D eigenvalue weighted by atomic mass is 16.5. The summed E-state index contributed by atoms with van der Waals surface area (Å²) in [5.41, 5.74) is 0.265. The van der Waals surface area contributed by atoms with Gasteiger partial charge in [-0.15, -0.1) is 0 Å². The highest BCUT2D eigenvalue weighted by Gasteiger charge is 2.27. The average Bonchev–Trinajstić information content (AvgIpc) is 2.58. The molecule has 25 heavy (non-hydrogen) atoms. The maximum absolute atomic E-state index is 12.5. The second-order valence-corrected chi connectivity index (χ2v) is 5.87. The zero-order valence-electron chi connectivity index (χ0n) is 15.0. The molecule has 0 spiro atoms. The number of benzene rings is 1. The minimum atomic E-state index is -1.15. The minimum Gasteiger partial charge on any atom is -0.497 e. The van der Waals surface area contributed by atoms with Crippen molar-refractivity contribution in [2.45, 2.75) is 32.9 Å². The molecule has 0 saturated heterocycles. The van der Waals surface area contributed by atoms with Crippen LogP contribution >= 0.6 is 0 Å². The van der Waals surface area contributed by atoms with Crippen LogP contribution in [0.15, 0.2) is 18.2 Å². The number of amides is 2. The monoisotopic (exact) mass is 352 g/mol. The number of carboxylic acids is 1. The Hall–Kier alpha value is -2.77. The molecule has 0 saturated carbocycles. The van der Waals surface area contributed by atoms with E-state index in [0.29, 0.717) is 11.5 Å². The predicted octanol–water partition coefficient (Wildman–Crippen LogP) is 1.05. The molecule has 0 aliphatic heterocycles. The first-order valence-corrected chi connectivity index (χ1v) is 7.76. The van der Waals surface area contributed by atoms with Gasteiger partial charge in [0.05, 0.1) is 14.2 Å². The van der Waals surface area contributed by atoms with Crippen LogP contribution in [-0.2, 0) is 9.59 Å². The summed E-state index contributed by atoms with van der Waals surface area (Å²) in [4.78, 5) is 35.7. The normalized spacial score (nSPS) is 12.9. The number of hydrogen-bond donors (Lipinski definition) is 3. The summed E-state index contributed by atoms with van der Waals surface area (Å²) in [6.45, 7) is 4.86. The largest absolute Gasteiger partial charge is 0.497 e. The molecule has 138 valence electrons. The molecule has 0 aliphatic rings. The molecule has 0 bridgehead atoms. The first kappa shape index (κ1) is 20.3. The van der Waals surface area contributed by atoms with Crippen LogP contribution in [0.5, 0.6) is 11.5 Å². The highest BCUT2D eigenvalue weighted by molar-refractivity contribution is 5.98. The van der Waals surface area contributed by atoms with Gasteiger partial charge in [-0.3, -0.25) is 14.4 Å². The van der Waals surface area contributed by atoms with Gasteiger partial charge in [0.2, 0.25) is 5.91 Å². The fourth-order valence-electron chi connectivity index (χ4n) is 2.06. The van der Waals surface area contributed by atoms with Gasteiger partial charge in [0.1, 0.15) is 23.6 Å². The third-order valence-corrected chi connectivity index (χ3v) is 3.58. The van der Waals surface area contributed by atoms with E-state index in [9.17, 15) is 14.4 Å². The number of carboxylic acid groups (broad SMARTS) is 1. The minimum absolute atomic E-state index is 0.238. The Balaban J connectivity index is 2.96. The van der Waals surface area contributed by atoms with Crippen molar-refractivity contribution in [1.29, 1.82) is 0 Å². The van der Waals surface area contributed by atoms with Crippen LogP contribution in [0.2, 0.25) is 0 Å². The third kappa shape index (κ3) is 5.66. The number of hydrogen-bond acceptors (Lipinski definition) is 5. The summed E-state index contributed by atoms with van der Waals surface area (Å²) in [5.74, 6) is -1.57. The van der Waals surface area contributed by atoms with Crippen molar-refractivity contribution in [1.82, 2.24) is 10.6 Å². The van der Waals surface area contributed by atoms with Crippen molar-refractivity contribution < 1.29 is 29.0 Å². The predicted molar refractivity (Wildman–Crippen MR) is 90.9 cm³/mol. The Morgan fingerprint density at radius 2 is 1.48 bits per heavy atom. The summed E-state index contributed by atoms with van der Waals surface area (Å²) in [7, 11) is 2.93. The number of nitrogens with one attached hydrogen (secondary N) is 2. The molecule has 0 aromatic heterocycles. The maximum Gasteiger partial charge on any atom is 0.325 e. The van der Waals surface area contributed by atoms with Crippen molar-refractivity contribution >= 4 is 17.8 Å². The van der Waals surface area contributed by atoms with Gasteiger partial charge in [0.25, 0.3) is 5.91 Å². The van der Waals surface area contributed by atoms with E-state index >= 15 is 0 Å². The molecule has 2 amide bonds. The summed E-state index contributed by atoms with van der Waals surface area (Å²) in [6.07, 6.45) is 0. The lowest BCUT2D eigenvalue weighted by Gasteiger charge is -2.23. The lowest BCUT2D eigenvalue weighted by Crippen LogP contribution is -2.53. The molecule has 0 heterocycles. The Kier molecular flexibility index (Phi) is 7.22. The molecule has 1 rings (SSSR count). The van der Waals surface area contributed by atoms with Crippen LogP contribution in [0.4, 0.5) is 0 Å². The van der Waals surface area contributed by atoms with Crippen molar-refractivity contribution in [2.24, 2.45) is 5.92 Å². The van der Waals surface area contributed by atoms with Gasteiger partial charge in [-0.25, -0.2) is 0 Å². The van der Waals surface area contributed by atoms with E-state index in [1.165, 1.54) is 33.3 Å². The van der Waals surface area contributed by atoms with Gasteiger partial charge in [0.15, 0.2) is 0 Å². The maximum atomic E-state index is 12.5. The quantitative estimate of drug-likeness (QED) is 0.644. The van der Waals surface area contributed by atoms with Crippen molar-refractivity contribution in [3.05, 3.63) is 23.8 Å². The second kappa shape index (κ2) is 8.91. The van der Waals surface area contributed by atoms with Crippen molar-refractivity contribution in [3.8, 4) is 11.5 Å². The van der Waals surface area contributed by atoms with Gasteiger partial charge in [-0.2, -0.15) is 0 Å². The summed E-state index contributed by atoms with van der Waals surface area (Å²) in [6, 6.07) is 2.73. The second-order valence-electron chi connectivity index (χ2n) is 5.87. The van der Waals surface area contributed by atoms with Crippen molar-refractivity contribution in [2.75, 3.05) is 14.2 Å². The number of carbonyl (C=O) groups excluding carboxylic acids is 2. The van der Waals surface area contributed by atoms with Crippen LogP contribution in [0.25, 0.3) is 0 Å². The van der Waals surface area contributed by atoms with Gasteiger partial charge in [-0.05, 0) is 25.0 Å². The number of carbonyl (C=O) groups is 3. The Labute approximate surface area is 146 Å².